The molecule has 0 saturated heterocycles. The van der Waals surface area contributed by atoms with Gasteiger partial charge in [0.05, 0.1) is 12.2 Å². The molecule has 0 spiro atoms. The molecular weight excluding hydrogens is 224 g/mol. The number of aryl methyl sites for hydroxylation is 1. The summed E-state index contributed by atoms with van der Waals surface area (Å²) in [5.74, 6) is 0.584. The number of ether oxygens (including phenoxy) is 1. The third-order valence-corrected chi connectivity index (χ3v) is 1.96. The second-order valence-corrected chi connectivity index (χ2v) is 3.30. The highest BCUT2D eigenvalue weighted by molar-refractivity contribution is 6.03. The van der Waals surface area contributed by atoms with E-state index in [2.05, 4.69) is 20.5 Å². The number of aromatic amines is 1. The lowest BCUT2D eigenvalue weighted by molar-refractivity contribution is 0.102. The van der Waals surface area contributed by atoms with Gasteiger partial charge in [-0.2, -0.15) is 4.98 Å². The molecule has 0 radical (unpaired) electrons. The maximum absolute atomic E-state index is 11.7. The molecule has 0 saturated carbocycles. The predicted molar refractivity (Wildman–Crippen MR) is 58.9 cm³/mol. The Morgan fingerprint density at radius 1 is 1.65 bits per heavy atom. The van der Waals surface area contributed by atoms with Crippen molar-refractivity contribution in [1.82, 2.24) is 15.2 Å². The molecule has 0 bridgehead atoms. The van der Waals surface area contributed by atoms with Crippen LogP contribution in [0.25, 0.3) is 0 Å². The molecule has 2 aromatic heterocycles. The van der Waals surface area contributed by atoms with Crippen LogP contribution in [-0.4, -0.2) is 27.7 Å². The predicted octanol–water partition coefficient (Wildman–Crippen LogP) is 1.36. The molecular formula is C10H12N4O3. The number of nitrogens with one attached hydrogen (secondary N) is 2. The Labute approximate surface area is 97.2 Å². The lowest BCUT2D eigenvalue weighted by Gasteiger charge is -1.96. The van der Waals surface area contributed by atoms with Crippen LogP contribution >= 0.6 is 0 Å². The zero-order valence-corrected chi connectivity index (χ0v) is 9.48. The standard InChI is InChI=1S/C10H12N4O3/c1-3-16-10-12-9(13-14-10)11-8(15)7-4-6(2)17-5-7/h4-5H,3H2,1-2H3,(H2,11,12,13,14,15). The molecule has 2 aromatic rings. The number of carbonyl (C=O) groups excluding carboxylic acids is 1. The lowest BCUT2D eigenvalue weighted by Crippen LogP contribution is -2.12. The van der Waals surface area contributed by atoms with Gasteiger partial charge in [-0.15, -0.1) is 5.10 Å². The Balaban J connectivity index is 2.02. The number of hydrogen-bond acceptors (Lipinski definition) is 5. The van der Waals surface area contributed by atoms with E-state index in [0.717, 1.165) is 0 Å². The molecule has 7 heteroatoms. The van der Waals surface area contributed by atoms with Crippen molar-refractivity contribution in [2.45, 2.75) is 13.8 Å². The zero-order valence-electron chi connectivity index (χ0n) is 9.48. The minimum Gasteiger partial charge on any atom is -0.469 e. The molecule has 0 unspecified atom stereocenters. The van der Waals surface area contributed by atoms with E-state index in [1.165, 1.54) is 6.26 Å². The van der Waals surface area contributed by atoms with E-state index in [-0.39, 0.29) is 17.9 Å². The highest BCUT2D eigenvalue weighted by Gasteiger charge is 2.11. The topological polar surface area (TPSA) is 93.0 Å². The fourth-order valence-corrected chi connectivity index (χ4v) is 1.24. The number of nitrogens with zero attached hydrogens (tertiary/aromatic N) is 2. The Kier molecular flexibility index (Phi) is 3.08. The fraction of sp³-hybridized carbons (Fsp3) is 0.300. The molecule has 0 aliphatic rings. The SMILES string of the molecule is CCOc1n[nH]c(NC(=O)c2coc(C)c2)n1. The van der Waals surface area contributed by atoms with Crippen molar-refractivity contribution in [1.29, 1.82) is 0 Å². The molecule has 2 N–H and O–H groups in total. The van der Waals surface area contributed by atoms with E-state index in [9.17, 15) is 4.79 Å². The number of carbonyl (C=O) groups is 1. The molecule has 0 aliphatic carbocycles. The summed E-state index contributed by atoms with van der Waals surface area (Å²) in [5, 5.41) is 8.85. The average molecular weight is 236 g/mol. The van der Waals surface area contributed by atoms with Crippen LogP contribution in [-0.2, 0) is 0 Å². The number of hydrogen-bond donors (Lipinski definition) is 2. The van der Waals surface area contributed by atoms with E-state index >= 15 is 0 Å². The van der Waals surface area contributed by atoms with Crippen molar-refractivity contribution in [2.75, 3.05) is 11.9 Å². The van der Waals surface area contributed by atoms with Crippen LogP contribution in [0.4, 0.5) is 5.95 Å². The molecule has 0 atom stereocenters. The highest BCUT2D eigenvalue weighted by atomic mass is 16.5. The van der Waals surface area contributed by atoms with Gasteiger partial charge in [-0.25, -0.2) is 5.10 Å². The van der Waals surface area contributed by atoms with Gasteiger partial charge in [0.15, 0.2) is 0 Å². The Hall–Kier alpha value is -2.31. The van der Waals surface area contributed by atoms with E-state index in [1.807, 2.05) is 6.92 Å². The number of rotatable bonds is 4. The molecule has 2 heterocycles. The summed E-state index contributed by atoms with van der Waals surface area (Å²) in [6.45, 7) is 4.05. The van der Waals surface area contributed by atoms with Crippen LogP contribution in [0.5, 0.6) is 6.01 Å². The van der Waals surface area contributed by atoms with Crippen LogP contribution in [0.1, 0.15) is 23.0 Å². The van der Waals surface area contributed by atoms with E-state index < -0.39 is 0 Å². The molecule has 0 aromatic carbocycles. The van der Waals surface area contributed by atoms with Crippen molar-refractivity contribution >= 4 is 11.9 Å². The Morgan fingerprint density at radius 2 is 2.47 bits per heavy atom. The number of furan rings is 1. The summed E-state index contributed by atoms with van der Waals surface area (Å²) < 4.78 is 10.1. The van der Waals surface area contributed by atoms with E-state index in [0.29, 0.717) is 17.9 Å². The minimum atomic E-state index is -0.318. The first kappa shape index (κ1) is 11.2. The van der Waals surface area contributed by atoms with Crippen LogP contribution < -0.4 is 10.1 Å². The smallest absolute Gasteiger partial charge is 0.337 e. The molecule has 1 amide bonds. The third-order valence-electron chi connectivity index (χ3n) is 1.96. The van der Waals surface area contributed by atoms with Crippen molar-refractivity contribution in [3.05, 3.63) is 23.7 Å². The Bertz CT molecular complexity index is 517. The van der Waals surface area contributed by atoms with Crippen LogP contribution in [0.2, 0.25) is 0 Å². The molecule has 0 fully saturated rings. The number of amides is 1. The van der Waals surface area contributed by atoms with E-state index in [4.69, 9.17) is 9.15 Å². The van der Waals surface area contributed by atoms with Gasteiger partial charge in [-0.05, 0) is 19.9 Å². The van der Waals surface area contributed by atoms with Gasteiger partial charge < -0.3 is 9.15 Å². The number of anilines is 1. The summed E-state index contributed by atoms with van der Waals surface area (Å²) in [7, 11) is 0. The second kappa shape index (κ2) is 4.69. The van der Waals surface area contributed by atoms with Crippen molar-refractivity contribution in [3.8, 4) is 6.01 Å². The summed E-state index contributed by atoms with van der Waals surface area (Å²) in [6.07, 6.45) is 1.38. The fourth-order valence-electron chi connectivity index (χ4n) is 1.24. The first-order valence-electron chi connectivity index (χ1n) is 5.10. The van der Waals surface area contributed by atoms with Gasteiger partial charge in [-0.3, -0.25) is 10.1 Å². The average Bonchev–Trinajstić information content (AvgIpc) is 2.88. The van der Waals surface area contributed by atoms with Crippen molar-refractivity contribution < 1.29 is 13.9 Å². The van der Waals surface area contributed by atoms with E-state index in [1.54, 1.807) is 13.0 Å². The maximum Gasteiger partial charge on any atom is 0.337 e. The van der Waals surface area contributed by atoms with Gasteiger partial charge in [0.25, 0.3) is 5.91 Å². The molecule has 2 rings (SSSR count). The summed E-state index contributed by atoms with van der Waals surface area (Å²) in [5.41, 5.74) is 0.428. The lowest BCUT2D eigenvalue weighted by atomic mass is 10.3. The summed E-state index contributed by atoms with van der Waals surface area (Å²) >= 11 is 0. The summed E-state index contributed by atoms with van der Waals surface area (Å²) in [4.78, 5) is 15.6. The molecule has 7 nitrogen and oxygen atoms in total. The van der Waals surface area contributed by atoms with Gasteiger partial charge in [0, 0.05) is 0 Å². The quantitative estimate of drug-likeness (QED) is 0.835. The van der Waals surface area contributed by atoms with Gasteiger partial charge in [0.2, 0.25) is 5.95 Å². The second-order valence-electron chi connectivity index (χ2n) is 3.30. The van der Waals surface area contributed by atoms with Crippen LogP contribution in [0.3, 0.4) is 0 Å². The monoisotopic (exact) mass is 236 g/mol. The maximum atomic E-state index is 11.7. The Morgan fingerprint density at radius 3 is 3.12 bits per heavy atom. The normalized spacial score (nSPS) is 10.2. The third kappa shape index (κ3) is 2.63. The first-order valence-corrected chi connectivity index (χ1v) is 5.10. The number of H-pyrrole nitrogens is 1. The van der Waals surface area contributed by atoms with Crippen LogP contribution in [0.15, 0.2) is 16.7 Å². The minimum absolute atomic E-state index is 0.200. The molecule has 0 aliphatic heterocycles. The van der Waals surface area contributed by atoms with Gasteiger partial charge in [0.1, 0.15) is 12.0 Å². The van der Waals surface area contributed by atoms with Crippen molar-refractivity contribution in [2.24, 2.45) is 0 Å². The number of aromatic nitrogens is 3. The largest absolute Gasteiger partial charge is 0.469 e. The van der Waals surface area contributed by atoms with Gasteiger partial charge in [-0.1, -0.05) is 0 Å². The first-order chi connectivity index (χ1) is 8.19. The van der Waals surface area contributed by atoms with Crippen molar-refractivity contribution in [3.63, 3.8) is 0 Å². The highest BCUT2D eigenvalue weighted by Crippen LogP contribution is 2.10. The van der Waals surface area contributed by atoms with Gasteiger partial charge >= 0.3 is 6.01 Å². The molecule has 17 heavy (non-hydrogen) atoms. The molecule has 90 valence electrons. The zero-order chi connectivity index (χ0) is 12.3. The van der Waals surface area contributed by atoms with Crippen LogP contribution in [0, 0.1) is 6.92 Å². The summed E-state index contributed by atoms with van der Waals surface area (Å²) in [6, 6.07) is 1.83.